The zero-order valence-corrected chi connectivity index (χ0v) is 17.4. The molecule has 2 aromatic carbocycles. The minimum absolute atomic E-state index is 0.0429. The van der Waals surface area contributed by atoms with Gasteiger partial charge in [0, 0.05) is 11.0 Å². The maximum Gasteiger partial charge on any atom is 0.166 e. The molecule has 27 heavy (non-hydrogen) atoms. The molecule has 0 aromatic heterocycles. The van der Waals surface area contributed by atoms with Crippen molar-refractivity contribution in [1.29, 1.82) is 0 Å². The normalized spacial score (nSPS) is 22.6. The largest absolute Gasteiger partial charge is 0.489 e. The molecule has 0 aliphatic heterocycles. The standard InChI is InChI=1S/C24H30F2O/c1-22(2,3)15-9-8-10-16(13-15)24(7)14-19(24)27-18-12-11-17(25)21(26)20(18)23(4,5)6/h8-13,19H,14H2,1-7H3. The van der Waals surface area contributed by atoms with E-state index in [1.165, 1.54) is 11.1 Å². The van der Waals surface area contributed by atoms with Crippen molar-refractivity contribution in [2.45, 2.75) is 77.2 Å². The van der Waals surface area contributed by atoms with Crippen molar-refractivity contribution >= 4 is 0 Å². The average Bonchev–Trinajstić information content (AvgIpc) is 3.20. The first-order valence-electron chi connectivity index (χ1n) is 9.60. The third-order valence-corrected chi connectivity index (χ3v) is 5.62. The molecule has 0 N–H and O–H groups in total. The molecule has 2 unspecified atom stereocenters. The lowest BCUT2D eigenvalue weighted by atomic mass is 9.84. The Bertz CT molecular complexity index is 858. The molecule has 0 amide bonds. The van der Waals surface area contributed by atoms with E-state index < -0.39 is 17.0 Å². The van der Waals surface area contributed by atoms with Crippen LogP contribution in [0.3, 0.4) is 0 Å². The number of hydrogen-bond acceptors (Lipinski definition) is 1. The molecule has 0 heterocycles. The molecule has 2 aromatic rings. The zero-order valence-electron chi connectivity index (χ0n) is 17.4. The van der Waals surface area contributed by atoms with E-state index in [2.05, 4.69) is 52.0 Å². The van der Waals surface area contributed by atoms with Crippen LogP contribution in [-0.4, -0.2) is 6.10 Å². The molecule has 1 fully saturated rings. The second-order valence-corrected chi connectivity index (χ2v) is 10.0. The Morgan fingerprint density at radius 3 is 2.22 bits per heavy atom. The Kier molecular flexibility index (Phi) is 4.65. The van der Waals surface area contributed by atoms with E-state index in [0.29, 0.717) is 11.3 Å². The molecule has 0 spiro atoms. The summed E-state index contributed by atoms with van der Waals surface area (Å²) in [4.78, 5) is 0. The van der Waals surface area contributed by atoms with Crippen LogP contribution >= 0.6 is 0 Å². The molecule has 1 aliphatic rings. The predicted octanol–water partition coefficient (Wildman–Crippen LogP) is 6.67. The summed E-state index contributed by atoms with van der Waals surface area (Å²) >= 11 is 0. The fourth-order valence-corrected chi connectivity index (χ4v) is 3.63. The van der Waals surface area contributed by atoms with E-state index >= 15 is 0 Å². The van der Waals surface area contributed by atoms with Gasteiger partial charge in [0.1, 0.15) is 11.9 Å². The first kappa shape index (κ1) is 19.9. The quantitative estimate of drug-likeness (QED) is 0.585. The molecule has 1 aliphatic carbocycles. The molecule has 3 heteroatoms. The smallest absolute Gasteiger partial charge is 0.166 e. The topological polar surface area (TPSA) is 9.23 Å². The molecule has 2 atom stereocenters. The summed E-state index contributed by atoms with van der Waals surface area (Å²) in [6, 6.07) is 11.3. The molecule has 1 saturated carbocycles. The Morgan fingerprint density at radius 1 is 0.963 bits per heavy atom. The molecule has 0 saturated heterocycles. The van der Waals surface area contributed by atoms with Crippen LogP contribution in [0.1, 0.15) is 71.6 Å². The molecular weight excluding hydrogens is 342 g/mol. The second-order valence-electron chi connectivity index (χ2n) is 10.0. The average molecular weight is 372 g/mol. The van der Waals surface area contributed by atoms with Crippen molar-refractivity contribution in [3.8, 4) is 5.75 Å². The highest BCUT2D eigenvalue weighted by Gasteiger charge is 2.54. The zero-order chi connectivity index (χ0) is 20.2. The van der Waals surface area contributed by atoms with Crippen molar-refractivity contribution in [2.75, 3.05) is 0 Å². The molecule has 146 valence electrons. The Hall–Kier alpha value is -1.90. The molecule has 0 radical (unpaired) electrons. The van der Waals surface area contributed by atoms with Gasteiger partial charge in [0.25, 0.3) is 0 Å². The van der Waals surface area contributed by atoms with Crippen LogP contribution in [0, 0.1) is 11.6 Å². The molecular formula is C24H30F2O. The van der Waals surface area contributed by atoms with E-state index in [-0.39, 0.29) is 16.9 Å². The van der Waals surface area contributed by atoms with E-state index in [4.69, 9.17) is 4.74 Å². The van der Waals surface area contributed by atoms with Crippen molar-refractivity contribution < 1.29 is 13.5 Å². The highest BCUT2D eigenvalue weighted by molar-refractivity contribution is 5.43. The SMILES string of the molecule is CC(C)(C)c1cccc(C2(C)CC2Oc2ccc(F)c(F)c2C(C)(C)C)c1. The van der Waals surface area contributed by atoms with Crippen LogP contribution in [-0.2, 0) is 16.2 Å². The first-order valence-corrected chi connectivity index (χ1v) is 9.60. The molecule has 3 rings (SSSR count). The summed E-state index contributed by atoms with van der Waals surface area (Å²) in [5.41, 5.74) is 2.26. The van der Waals surface area contributed by atoms with Gasteiger partial charge in [0.05, 0.1) is 0 Å². The number of rotatable bonds is 3. The Morgan fingerprint density at radius 2 is 1.63 bits per heavy atom. The van der Waals surface area contributed by atoms with Gasteiger partial charge in [-0.2, -0.15) is 0 Å². The fourth-order valence-electron chi connectivity index (χ4n) is 3.63. The van der Waals surface area contributed by atoms with Crippen LogP contribution in [0.4, 0.5) is 8.78 Å². The van der Waals surface area contributed by atoms with Gasteiger partial charge in [-0.25, -0.2) is 8.78 Å². The summed E-state index contributed by atoms with van der Waals surface area (Å²) in [6.07, 6.45) is 0.821. The summed E-state index contributed by atoms with van der Waals surface area (Å²) < 4.78 is 34.5. The predicted molar refractivity (Wildman–Crippen MR) is 107 cm³/mol. The maximum atomic E-state index is 14.5. The van der Waals surface area contributed by atoms with E-state index in [0.717, 1.165) is 12.5 Å². The summed E-state index contributed by atoms with van der Waals surface area (Å²) in [5, 5.41) is 0. The molecule has 0 bridgehead atoms. The minimum atomic E-state index is -0.830. The lowest BCUT2D eigenvalue weighted by Gasteiger charge is -2.25. The van der Waals surface area contributed by atoms with Gasteiger partial charge in [0.2, 0.25) is 0 Å². The monoisotopic (exact) mass is 372 g/mol. The number of hydrogen-bond donors (Lipinski definition) is 0. The lowest BCUT2D eigenvalue weighted by Crippen LogP contribution is -2.20. The van der Waals surface area contributed by atoms with Crippen LogP contribution in [0.15, 0.2) is 36.4 Å². The summed E-state index contributed by atoms with van der Waals surface area (Å²) in [5.74, 6) is -1.19. The van der Waals surface area contributed by atoms with Gasteiger partial charge in [-0.1, -0.05) is 72.7 Å². The van der Waals surface area contributed by atoms with Crippen LogP contribution in [0.5, 0.6) is 5.75 Å². The fraction of sp³-hybridized carbons (Fsp3) is 0.500. The second kappa shape index (κ2) is 6.32. The van der Waals surface area contributed by atoms with Crippen molar-refractivity contribution in [1.82, 2.24) is 0 Å². The van der Waals surface area contributed by atoms with Crippen molar-refractivity contribution in [2.24, 2.45) is 0 Å². The van der Waals surface area contributed by atoms with Gasteiger partial charge >= 0.3 is 0 Å². The third-order valence-electron chi connectivity index (χ3n) is 5.62. The third kappa shape index (κ3) is 3.74. The van der Waals surface area contributed by atoms with Crippen LogP contribution < -0.4 is 4.74 Å². The van der Waals surface area contributed by atoms with Gasteiger partial charge < -0.3 is 4.74 Å². The van der Waals surface area contributed by atoms with E-state index in [9.17, 15) is 8.78 Å². The van der Waals surface area contributed by atoms with Gasteiger partial charge in [-0.05, 0) is 40.5 Å². The first-order chi connectivity index (χ1) is 12.3. The summed E-state index contributed by atoms with van der Waals surface area (Å²) in [6.45, 7) is 14.4. The lowest BCUT2D eigenvalue weighted by molar-refractivity contribution is 0.266. The number of halogens is 2. The molecule has 1 nitrogen and oxygen atoms in total. The van der Waals surface area contributed by atoms with Gasteiger partial charge in [0.15, 0.2) is 11.6 Å². The number of ether oxygens (including phenoxy) is 1. The highest BCUT2D eigenvalue weighted by atomic mass is 19.2. The maximum absolute atomic E-state index is 14.5. The van der Waals surface area contributed by atoms with E-state index in [1.54, 1.807) is 6.07 Å². The van der Waals surface area contributed by atoms with Crippen molar-refractivity contribution in [3.63, 3.8) is 0 Å². The van der Waals surface area contributed by atoms with Gasteiger partial charge in [-0.15, -0.1) is 0 Å². The highest BCUT2D eigenvalue weighted by Crippen LogP contribution is 2.51. The summed E-state index contributed by atoms with van der Waals surface area (Å²) in [7, 11) is 0. The Labute approximate surface area is 161 Å². The van der Waals surface area contributed by atoms with Crippen LogP contribution in [0.25, 0.3) is 0 Å². The van der Waals surface area contributed by atoms with E-state index in [1.807, 2.05) is 20.8 Å². The Balaban J connectivity index is 1.90. The number of benzene rings is 2. The van der Waals surface area contributed by atoms with Gasteiger partial charge in [-0.3, -0.25) is 0 Å². The van der Waals surface area contributed by atoms with Crippen molar-refractivity contribution in [3.05, 3.63) is 64.7 Å². The van der Waals surface area contributed by atoms with Crippen LogP contribution in [0.2, 0.25) is 0 Å². The minimum Gasteiger partial charge on any atom is -0.489 e.